The van der Waals surface area contributed by atoms with E-state index in [1.165, 1.54) is 16.8 Å². The number of hydrogen-bond acceptors (Lipinski definition) is 3. The summed E-state index contributed by atoms with van der Waals surface area (Å²) in [6.07, 6.45) is 1.80. The summed E-state index contributed by atoms with van der Waals surface area (Å²) in [7, 11) is 2.11. The first-order valence-corrected chi connectivity index (χ1v) is 6.21. The number of likely N-dealkylation sites (N-methyl/N-ethyl adjacent to an activating group) is 1. The van der Waals surface area contributed by atoms with Gasteiger partial charge in [-0.2, -0.15) is 0 Å². The maximum Gasteiger partial charge on any atom is 0.145 e. The predicted octanol–water partition coefficient (Wildman–Crippen LogP) is 2.27. The second kappa shape index (κ2) is 4.96. The molecule has 0 radical (unpaired) electrons. The van der Waals surface area contributed by atoms with Crippen LogP contribution in [0.15, 0.2) is 12.1 Å². The summed E-state index contributed by atoms with van der Waals surface area (Å²) in [5.74, 6) is 1.01. The second-order valence-corrected chi connectivity index (χ2v) is 4.87. The Hall–Kier alpha value is -1.22. The number of hydrogen-bond donors (Lipinski definition) is 1. The zero-order chi connectivity index (χ0) is 12.4. The quantitative estimate of drug-likeness (QED) is 0.872. The van der Waals surface area contributed by atoms with E-state index in [4.69, 9.17) is 9.84 Å². The number of benzene rings is 1. The molecule has 3 heteroatoms. The zero-order valence-electron chi connectivity index (χ0n) is 10.9. The Balaban J connectivity index is 2.25. The molecule has 1 aromatic carbocycles. The minimum absolute atomic E-state index is 0.254. The van der Waals surface area contributed by atoms with Crippen LogP contribution in [0.4, 0.5) is 5.69 Å². The van der Waals surface area contributed by atoms with Crippen molar-refractivity contribution in [1.82, 2.24) is 0 Å². The van der Waals surface area contributed by atoms with Crippen LogP contribution < -0.4 is 9.64 Å². The minimum atomic E-state index is 0.254. The molecule has 0 fully saturated rings. The van der Waals surface area contributed by atoms with Crippen LogP contribution in [0.2, 0.25) is 0 Å². The molecule has 1 aliphatic heterocycles. The molecule has 1 heterocycles. The molecule has 1 N–H and O–H groups in total. The molecule has 0 aromatic heterocycles. The topological polar surface area (TPSA) is 32.7 Å². The van der Waals surface area contributed by atoms with Crippen LogP contribution in [0.1, 0.15) is 24.0 Å². The van der Waals surface area contributed by atoms with Gasteiger partial charge in [-0.15, -0.1) is 0 Å². The number of aryl methyl sites for hydroxylation is 2. The van der Waals surface area contributed by atoms with E-state index in [1.54, 1.807) is 0 Å². The minimum Gasteiger partial charge on any atom is -0.489 e. The van der Waals surface area contributed by atoms with Gasteiger partial charge in [0.25, 0.3) is 0 Å². The van der Waals surface area contributed by atoms with Crippen molar-refractivity contribution in [3.05, 3.63) is 23.3 Å². The van der Waals surface area contributed by atoms with Gasteiger partial charge in [-0.1, -0.05) is 6.07 Å². The molecule has 0 amide bonds. The van der Waals surface area contributed by atoms with Crippen LogP contribution in [0.5, 0.6) is 5.75 Å². The fourth-order valence-electron chi connectivity index (χ4n) is 2.47. The number of aliphatic hydroxyl groups excluding tert-OH is 1. The number of fused-ring (bicyclic) bond motifs is 1. The van der Waals surface area contributed by atoms with E-state index in [1.807, 2.05) is 0 Å². The molecule has 1 aliphatic rings. The van der Waals surface area contributed by atoms with Crippen LogP contribution in [-0.2, 0) is 0 Å². The summed E-state index contributed by atoms with van der Waals surface area (Å²) in [5.41, 5.74) is 3.64. The molecule has 2 rings (SSSR count). The van der Waals surface area contributed by atoms with Gasteiger partial charge in [-0.3, -0.25) is 0 Å². The zero-order valence-corrected chi connectivity index (χ0v) is 10.9. The summed E-state index contributed by atoms with van der Waals surface area (Å²) in [5, 5.41) is 8.91. The van der Waals surface area contributed by atoms with Crippen molar-refractivity contribution in [2.24, 2.45) is 0 Å². The Bertz CT molecular complexity index is 403. The molecule has 1 aromatic rings. The summed E-state index contributed by atoms with van der Waals surface area (Å²) >= 11 is 0. The lowest BCUT2D eigenvalue weighted by Crippen LogP contribution is -2.40. The van der Waals surface area contributed by atoms with E-state index in [0.717, 1.165) is 18.6 Å². The van der Waals surface area contributed by atoms with E-state index < -0.39 is 0 Å². The number of nitrogens with zero attached hydrogens (tertiary/aromatic N) is 1. The average molecular weight is 235 g/mol. The van der Waals surface area contributed by atoms with Gasteiger partial charge in [0, 0.05) is 13.7 Å². The van der Waals surface area contributed by atoms with Gasteiger partial charge in [0.05, 0.1) is 11.7 Å². The van der Waals surface area contributed by atoms with Gasteiger partial charge in [0.15, 0.2) is 0 Å². The molecule has 0 spiro atoms. The summed E-state index contributed by atoms with van der Waals surface area (Å²) < 4.78 is 5.87. The lowest BCUT2D eigenvalue weighted by molar-refractivity contribution is 0.235. The molecule has 17 heavy (non-hydrogen) atoms. The van der Waals surface area contributed by atoms with Crippen molar-refractivity contribution in [2.75, 3.05) is 25.2 Å². The highest BCUT2D eigenvalue weighted by atomic mass is 16.5. The van der Waals surface area contributed by atoms with Crippen molar-refractivity contribution in [3.63, 3.8) is 0 Å². The lowest BCUT2D eigenvalue weighted by Gasteiger charge is -2.36. The summed E-state index contributed by atoms with van der Waals surface area (Å²) in [6, 6.07) is 4.70. The standard InChI is InChI=1S/C14H21NO2/c1-10-7-11(2)14-13(8-10)15(3)12(9-17-14)5-4-6-16/h7-8,12,16H,4-6,9H2,1-3H3. The monoisotopic (exact) mass is 235 g/mol. The fourth-order valence-corrected chi connectivity index (χ4v) is 2.47. The average Bonchev–Trinajstić information content (AvgIpc) is 2.29. The maximum atomic E-state index is 8.91. The van der Waals surface area contributed by atoms with Crippen LogP contribution in [0, 0.1) is 13.8 Å². The van der Waals surface area contributed by atoms with Crippen molar-refractivity contribution >= 4 is 5.69 Å². The Kier molecular flexibility index (Phi) is 3.57. The van der Waals surface area contributed by atoms with Crippen LogP contribution in [-0.4, -0.2) is 31.4 Å². The highest BCUT2D eigenvalue weighted by molar-refractivity contribution is 5.64. The van der Waals surface area contributed by atoms with Crippen molar-refractivity contribution in [2.45, 2.75) is 32.7 Å². The van der Waals surface area contributed by atoms with Gasteiger partial charge in [-0.25, -0.2) is 0 Å². The third kappa shape index (κ3) is 2.39. The summed E-state index contributed by atoms with van der Waals surface area (Å²) in [4.78, 5) is 2.29. The van der Waals surface area contributed by atoms with Gasteiger partial charge in [0.2, 0.25) is 0 Å². The lowest BCUT2D eigenvalue weighted by atomic mass is 10.0. The van der Waals surface area contributed by atoms with Crippen molar-refractivity contribution in [1.29, 1.82) is 0 Å². The molecule has 0 saturated carbocycles. The molecular weight excluding hydrogens is 214 g/mol. The van der Waals surface area contributed by atoms with E-state index in [-0.39, 0.29) is 6.61 Å². The van der Waals surface area contributed by atoms with E-state index in [0.29, 0.717) is 12.6 Å². The smallest absolute Gasteiger partial charge is 0.145 e. The summed E-state index contributed by atoms with van der Waals surface area (Å²) in [6.45, 7) is 5.17. The number of aliphatic hydroxyl groups is 1. The highest BCUT2D eigenvalue weighted by Crippen LogP contribution is 2.37. The fraction of sp³-hybridized carbons (Fsp3) is 0.571. The van der Waals surface area contributed by atoms with E-state index in [2.05, 4.69) is 37.9 Å². The van der Waals surface area contributed by atoms with Gasteiger partial charge >= 0.3 is 0 Å². The van der Waals surface area contributed by atoms with E-state index >= 15 is 0 Å². The predicted molar refractivity (Wildman–Crippen MR) is 69.9 cm³/mol. The molecule has 0 saturated heterocycles. The molecule has 0 bridgehead atoms. The normalized spacial score (nSPS) is 18.8. The Morgan fingerprint density at radius 2 is 2.18 bits per heavy atom. The van der Waals surface area contributed by atoms with Gasteiger partial charge in [0.1, 0.15) is 12.4 Å². The number of rotatable bonds is 3. The highest BCUT2D eigenvalue weighted by Gasteiger charge is 2.25. The molecule has 1 unspecified atom stereocenters. The first kappa shape index (κ1) is 12.2. The molecule has 1 atom stereocenters. The molecule has 3 nitrogen and oxygen atoms in total. The second-order valence-electron chi connectivity index (χ2n) is 4.87. The van der Waals surface area contributed by atoms with Crippen molar-refractivity contribution < 1.29 is 9.84 Å². The first-order valence-electron chi connectivity index (χ1n) is 6.21. The molecule has 94 valence electrons. The third-order valence-corrected chi connectivity index (χ3v) is 3.44. The van der Waals surface area contributed by atoms with Crippen LogP contribution in [0.3, 0.4) is 0 Å². The van der Waals surface area contributed by atoms with E-state index in [9.17, 15) is 0 Å². The Labute approximate surface area is 103 Å². The number of anilines is 1. The Morgan fingerprint density at radius 1 is 1.41 bits per heavy atom. The van der Waals surface area contributed by atoms with Crippen molar-refractivity contribution in [3.8, 4) is 5.75 Å². The van der Waals surface area contributed by atoms with Gasteiger partial charge < -0.3 is 14.7 Å². The number of ether oxygens (including phenoxy) is 1. The van der Waals surface area contributed by atoms with Crippen LogP contribution in [0.25, 0.3) is 0 Å². The first-order chi connectivity index (χ1) is 8.13. The Morgan fingerprint density at radius 3 is 2.88 bits per heavy atom. The SMILES string of the molecule is Cc1cc(C)c2c(c1)N(C)C(CCCO)CO2. The maximum absolute atomic E-state index is 8.91. The molecule has 0 aliphatic carbocycles. The largest absolute Gasteiger partial charge is 0.489 e. The third-order valence-electron chi connectivity index (χ3n) is 3.44. The molecular formula is C14H21NO2. The van der Waals surface area contributed by atoms with Crippen LogP contribution >= 0.6 is 0 Å². The van der Waals surface area contributed by atoms with Gasteiger partial charge in [-0.05, 0) is 43.9 Å².